The first-order valence-corrected chi connectivity index (χ1v) is 2.55. The second-order valence-electron chi connectivity index (χ2n) is 1.76. The molecule has 1 aliphatic heterocycles. The van der Waals surface area contributed by atoms with Crippen LogP contribution in [0.2, 0.25) is 0 Å². The highest BCUT2D eigenvalue weighted by Crippen LogP contribution is 1.74. The summed E-state index contributed by atoms with van der Waals surface area (Å²) in [6.07, 6.45) is 0. The third kappa shape index (κ3) is 1.43. The van der Waals surface area contributed by atoms with Crippen LogP contribution < -0.4 is 10.7 Å². The maximum atomic E-state index is 3.20. The minimum absolute atomic E-state index is 0.958. The van der Waals surface area contributed by atoms with Crippen molar-refractivity contribution in [3.8, 4) is 0 Å². The van der Waals surface area contributed by atoms with Crippen molar-refractivity contribution < 1.29 is 0 Å². The first-order valence-electron chi connectivity index (χ1n) is 2.55. The van der Waals surface area contributed by atoms with Gasteiger partial charge in [-0.15, -0.1) is 0 Å². The van der Waals surface area contributed by atoms with Crippen LogP contribution in [0.1, 0.15) is 0 Å². The van der Waals surface area contributed by atoms with Gasteiger partial charge in [-0.25, -0.2) is 5.01 Å². The zero-order valence-corrected chi connectivity index (χ0v) is 4.57. The lowest BCUT2D eigenvalue weighted by molar-refractivity contribution is 0.183. The van der Waals surface area contributed by atoms with Crippen molar-refractivity contribution >= 4 is 0 Å². The number of hydrogen-bond acceptors (Lipinski definition) is 3. The largest absolute Gasteiger partial charge is 0.302 e. The third-order valence-corrected chi connectivity index (χ3v) is 1.03. The summed E-state index contributed by atoms with van der Waals surface area (Å²) in [7, 11) is 2.02. The third-order valence-electron chi connectivity index (χ3n) is 1.03. The van der Waals surface area contributed by atoms with Crippen LogP contribution in [0.5, 0.6) is 0 Å². The van der Waals surface area contributed by atoms with E-state index in [1.165, 1.54) is 0 Å². The molecule has 0 aromatic carbocycles. The molecule has 0 unspecified atom stereocenters. The van der Waals surface area contributed by atoms with Crippen molar-refractivity contribution in [3.63, 3.8) is 0 Å². The van der Waals surface area contributed by atoms with Gasteiger partial charge in [-0.3, -0.25) is 5.43 Å². The van der Waals surface area contributed by atoms with Gasteiger partial charge >= 0.3 is 0 Å². The Morgan fingerprint density at radius 3 is 2.57 bits per heavy atom. The molecule has 0 aromatic rings. The molecule has 0 atom stereocenters. The molecule has 0 saturated carbocycles. The van der Waals surface area contributed by atoms with Crippen molar-refractivity contribution in [1.82, 2.24) is 15.8 Å². The summed E-state index contributed by atoms with van der Waals surface area (Å²) in [5.74, 6) is 0. The van der Waals surface area contributed by atoms with Crippen LogP contribution >= 0.6 is 0 Å². The molecule has 1 fully saturated rings. The zero-order chi connectivity index (χ0) is 5.11. The fourth-order valence-electron chi connectivity index (χ4n) is 0.638. The molecule has 3 nitrogen and oxygen atoms in total. The molecule has 0 radical (unpaired) electrons. The SMILES string of the molecule is CN1CNCCN1. The molecule has 0 spiro atoms. The van der Waals surface area contributed by atoms with Gasteiger partial charge in [0, 0.05) is 20.1 Å². The maximum Gasteiger partial charge on any atom is 0.0618 e. The molecule has 0 amide bonds. The normalized spacial score (nSPS) is 25.3. The summed E-state index contributed by atoms with van der Waals surface area (Å²) >= 11 is 0. The number of nitrogens with zero attached hydrogens (tertiary/aromatic N) is 1. The highest BCUT2D eigenvalue weighted by Gasteiger charge is 1.99. The van der Waals surface area contributed by atoms with Crippen LogP contribution in [0.25, 0.3) is 0 Å². The van der Waals surface area contributed by atoms with Gasteiger partial charge in [0.05, 0.1) is 6.67 Å². The molecule has 42 valence electrons. The van der Waals surface area contributed by atoms with Crippen molar-refractivity contribution in [2.24, 2.45) is 0 Å². The van der Waals surface area contributed by atoms with E-state index in [0.29, 0.717) is 0 Å². The Balaban J connectivity index is 2.12. The predicted molar refractivity (Wildman–Crippen MR) is 28.6 cm³/mol. The lowest BCUT2D eigenvalue weighted by Crippen LogP contribution is -2.50. The van der Waals surface area contributed by atoms with E-state index in [1.54, 1.807) is 0 Å². The van der Waals surface area contributed by atoms with Gasteiger partial charge in [0.2, 0.25) is 0 Å². The molecule has 0 aliphatic carbocycles. The second-order valence-corrected chi connectivity index (χ2v) is 1.76. The number of rotatable bonds is 0. The van der Waals surface area contributed by atoms with E-state index in [1.807, 2.05) is 12.1 Å². The van der Waals surface area contributed by atoms with E-state index < -0.39 is 0 Å². The van der Waals surface area contributed by atoms with E-state index in [2.05, 4.69) is 10.7 Å². The molecular weight excluding hydrogens is 90.1 g/mol. The van der Waals surface area contributed by atoms with Crippen LogP contribution in [0.4, 0.5) is 0 Å². The second kappa shape index (κ2) is 2.26. The standard InChI is InChI=1S/C4H11N3/c1-7-4-5-2-3-6-7/h5-6H,2-4H2,1H3. The number of hydrogen-bond donors (Lipinski definition) is 2. The minimum Gasteiger partial charge on any atom is -0.302 e. The summed E-state index contributed by atoms with van der Waals surface area (Å²) in [6, 6.07) is 0. The van der Waals surface area contributed by atoms with Crippen LogP contribution in [-0.2, 0) is 0 Å². The highest BCUT2D eigenvalue weighted by molar-refractivity contribution is 4.53. The summed E-state index contributed by atoms with van der Waals surface area (Å²) in [4.78, 5) is 0. The maximum absolute atomic E-state index is 3.20. The van der Waals surface area contributed by atoms with Crippen LogP contribution in [0, 0.1) is 0 Å². The Labute approximate surface area is 43.7 Å². The Morgan fingerprint density at radius 2 is 2.29 bits per heavy atom. The Kier molecular flexibility index (Phi) is 1.62. The quantitative estimate of drug-likeness (QED) is 0.409. The number of nitrogens with one attached hydrogen (secondary N) is 2. The summed E-state index contributed by atoms with van der Waals surface area (Å²) in [5, 5.41) is 5.23. The molecule has 7 heavy (non-hydrogen) atoms. The van der Waals surface area contributed by atoms with Crippen LogP contribution in [0.3, 0.4) is 0 Å². The van der Waals surface area contributed by atoms with E-state index in [4.69, 9.17) is 0 Å². The molecule has 3 heteroatoms. The first-order chi connectivity index (χ1) is 3.39. The average molecular weight is 101 g/mol. The summed E-state index contributed by atoms with van der Waals surface area (Å²) in [6.45, 7) is 3.10. The lowest BCUT2D eigenvalue weighted by Gasteiger charge is -2.23. The topological polar surface area (TPSA) is 27.3 Å². The number of hydrazine groups is 1. The van der Waals surface area contributed by atoms with Gasteiger partial charge < -0.3 is 5.32 Å². The molecule has 2 N–H and O–H groups in total. The zero-order valence-electron chi connectivity index (χ0n) is 4.57. The van der Waals surface area contributed by atoms with E-state index in [9.17, 15) is 0 Å². The van der Waals surface area contributed by atoms with Crippen molar-refractivity contribution in [2.75, 3.05) is 26.8 Å². The Morgan fingerprint density at radius 1 is 1.43 bits per heavy atom. The molecule has 1 saturated heterocycles. The molecule has 1 rings (SSSR count). The van der Waals surface area contributed by atoms with Gasteiger partial charge in [0.15, 0.2) is 0 Å². The smallest absolute Gasteiger partial charge is 0.0618 e. The van der Waals surface area contributed by atoms with E-state index >= 15 is 0 Å². The summed E-state index contributed by atoms with van der Waals surface area (Å²) < 4.78 is 0. The fraction of sp³-hybridized carbons (Fsp3) is 1.00. The molecule has 1 aliphatic rings. The van der Waals surface area contributed by atoms with E-state index in [0.717, 1.165) is 19.8 Å². The van der Waals surface area contributed by atoms with Gasteiger partial charge in [-0.2, -0.15) is 0 Å². The van der Waals surface area contributed by atoms with Crippen molar-refractivity contribution in [2.45, 2.75) is 0 Å². The molecule has 0 bridgehead atoms. The summed E-state index contributed by atoms with van der Waals surface area (Å²) in [5.41, 5.74) is 3.15. The molecule has 1 heterocycles. The predicted octanol–water partition coefficient (Wildman–Crippen LogP) is -1.02. The minimum atomic E-state index is 0.958. The van der Waals surface area contributed by atoms with Gasteiger partial charge in [0.1, 0.15) is 0 Å². The highest BCUT2D eigenvalue weighted by atomic mass is 15.5. The monoisotopic (exact) mass is 101 g/mol. The van der Waals surface area contributed by atoms with Crippen LogP contribution in [0.15, 0.2) is 0 Å². The molecule has 0 aromatic heterocycles. The van der Waals surface area contributed by atoms with Gasteiger partial charge in [0.25, 0.3) is 0 Å². The Bertz CT molecular complexity index is 48.9. The Hall–Kier alpha value is -0.120. The lowest BCUT2D eigenvalue weighted by atomic mass is 10.6. The van der Waals surface area contributed by atoms with Crippen molar-refractivity contribution in [3.05, 3.63) is 0 Å². The van der Waals surface area contributed by atoms with Gasteiger partial charge in [-0.05, 0) is 0 Å². The molecular formula is C4H11N3. The van der Waals surface area contributed by atoms with E-state index in [-0.39, 0.29) is 0 Å². The van der Waals surface area contributed by atoms with Crippen LogP contribution in [-0.4, -0.2) is 31.8 Å². The fourth-order valence-corrected chi connectivity index (χ4v) is 0.638. The average Bonchev–Trinajstić information content (AvgIpc) is 1.69. The van der Waals surface area contributed by atoms with Gasteiger partial charge in [-0.1, -0.05) is 0 Å². The first kappa shape index (κ1) is 5.03. The van der Waals surface area contributed by atoms with Crippen molar-refractivity contribution in [1.29, 1.82) is 0 Å².